The van der Waals surface area contributed by atoms with Crippen molar-refractivity contribution in [3.8, 4) is 0 Å². The van der Waals surface area contributed by atoms with Crippen LogP contribution in [0, 0.1) is 5.92 Å². The van der Waals surface area contributed by atoms with Crippen molar-refractivity contribution in [2.24, 2.45) is 5.92 Å². The molecule has 1 fully saturated rings. The molecule has 220 valence electrons. The maximum atomic E-state index is 13.5. The second-order valence-corrected chi connectivity index (χ2v) is 17.5. The van der Waals surface area contributed by atoms with E-state index in [2.05, 4.69) is 55.7 Å². The molecule has 3 rings (SSSR count). The summed E-state index contributed by atoms with van der Waals surface area (Å²) in [7, 11) is -2.64. The summed E-state index contributed by atoms with van der Waals surface area (Å²) in [5.41, 5.74) is 2.52. The summed E-state index contributed by atoms with van der Waals surface area (Å²) in [6, 6.07) is 13.6. The number of alkyl carbamates (subject to hydrolysis) is 1. The van der Waals surface area contributed by atoms with Crippen LogP contribution in [0.25, 0.3) is 0 Å². The summed E-state index contributed by atoms with van der Waals surface area (Å²) in [6.45, 7) is 15.5. The molecule has 0 aromatic heterocycles. The van der Waals surface area contributed by atoms with Crippen LogP contribution in [0.1, 0.15) is 84.8 Å². The normalized spacial score (nSPS) is 15.8. The number of amides is 2. The third-order valence-corrected chi connectivity index (χ3v) is 9.92. The zero-order valence-electron chi connectivity index (χ0n) is 25.4. The first-order chi connectivity index (χ1) is 18.5. The Bertz CT molecular complexity index is 1220. The minimum Gasteiger partial charge on any atom is -0.444 e. The van der Waals surface area contributed by atoms with Crippen molar-refractivity contribution in [3.05, 3.63) is 53.6 Å². The van der Waals surface area contributed by atoms with E-state index in [1.807, 2.05) is 18.2 Å². The fourth-order valence-corrected chi connectivity index (χ4v) is 7.71. The van der Waals surface area contributed by atoms with E-state index in [0.717, 1.165) is 48.1 Å². The minimum absolute atomic E-state index is 0.0451. The third-order valence-electron chi connectivity index (χ3n) is 7.10. The number of thioether (sulfide) groups is 1. The molecule has 0 unspecified atom stereocenters. The molecule has 1 atom stereocenters. The minimum atomic E-state index is -2.64. The molecule has 40 heavy (non-hydrogen) atoms. The van der Waals surface area contributed by atoms with Crippen LogP contribution in [0.15, 0.2) is 47.4 Å². The molecule has 1 aliphatic rings. The Hall–Kier alpha value is -2.24. The molecule has 0 bridgehead atoms. The Morgan fingerprint density at radius 2 is 1.60 bits per heavy atom. The summed E-state index contributed by atoms with van der Waals surface area (Å²) in [5, 5.41) is 6.59. The highest BCUT2D eigenvalue weighted by atomic mass is 32.2. The van der Waals surface area contributed by atoms with Gasteiger partial charge in [-0.25, -0.2) is 4.79 Å². The highest BCUT2D eigenvalue weighted by Gasteiger charge is 2.33. The van der Waals surface area contributed by atoms with E-state index < -0.39 is 24.9 Å². The van der Waals surface area contributed by atoms with Gasteiger partial charge in [0.1, 0.15) is 18.8 Å². The van der Waals surface area contributed by atoms with E-state index in [1.54, 1.807) is 45.9 Å². The van der Waals surface area contributed by atoms with Gasteiger partial charge in [0.05, 0.1) is 0 Å². The van der Waals surface area contributed by atoms with Crippen molar-refractivity contribution in [1.29, 1.82) is 0 Å². The van der Waals surface area contributed by atoms with Crippen molar-refractivity contribution in [3.63, 3.8) is 0 Å². The fraction of sp³-hybridized carbons (Fsp3) is 0.562. The SMILES string of the molecule is CC(C)(C)OC(=O)N[C@H](C(=O)Nc1ccc(SCc2ccc(C(C)(C)C)cc2)c(P(C)(C)=O)c1)C1CCCCC1. The zero-order chi connectivity index (χ0) is 29.7. The first kappa shape index (κ1) is 32.3. The molecule has 0 heterocycles. The van der Waals surface area contributed by atoms with Gasteiger partial charge < -0.3 is 19.9 Å². The highest BCUT2D eigenvalue weighted by Crippen LogP contribution is 2.40. The maximum Gasteiger partial charge on any atom is 0.408 e. The van der Waals surface area contributed by atoms with Gasteiger partial charge in [-0.05, 0) is 87.6 Å². The number of nitrogens with one attached hydrogen (secondary N) is 2. The van der Waals surface area contributed by atoms with Crippen LogP contribution < -0.4 is 15.9 Å². The van der Waals surface area contributed by atoms with Gasteiger partial charge in [0.25, 0.3) is 0 Å². The Balaban J connectivity index is 1.77. The van der Waals surface area contributed by atoms with Crippen molar-refractivity contribution in [2.75, 3.05) is 18.6 Å². The lowest BCUT2D eigenvalue weighted by molar-refractivity contribution is -0.119. The molecule has 8 heteroatoms. The van der Waals surface area contributed by atoms with Gasteiger partial charge in [-0.15, -0.1) is 11.8 Å². The van der Waals surface area contributed by atoms with Crippen LogP contribution in [-0.2, 0) is 25.3 Å². The second-order valence-electron chi connectivity index (χ2n) is 13.3. The molecule has 2 N–H and O–H groups in total. The quantitative estimate of drug-likeness (QED) is 0.242. The van der Waals surface area contributed by atoms with Gasteiger partial charge in [0, 0.05) is 21.6 Å². The van der Waals surface area contributed by atoms with Crippen LogP contribution in [0.4, 0.5) is 10.5 Å². The molecule has 1 saturated carbocycles. The fourth-order valence-electron chi connectivity index (χ4n) is 4.92. The van der Waals surface area contributed by atoms with Crippen molar-refractivity contribution in [2.45, 2.75) is 101 Å². The molecule has 0 saturated heterocycles. The van der Waals surface area contributed by atoms with Gasteiger partial charge in [-0.3, -0.25) is 4.79 Å². The molecule has 1 aliphatic carbocycles. The average molecular weight is 587 g/mol. The molecule has 2 amide bonds. The molecular weight excluding hydrogens is 539 g/mol. The Morgan fingerprint density at radius 3 is 2.15 bits per heavy atom. The van der Waals surface area contributed by atoms with Crippen molar-refractivity contribution < 1.29 is 18.9 Å². The molecule has 6 nitrogen and oxygen atoms in total. The number of rotatable bonds is 8. The number of carbonyl (C=O) groups excluding carboxylic acids is 2. The molecule has 0 aliphatic heterocycles. The summed E-state index contributed by atoms with van der Waals surface area (Å²) < 4.78 is 18.8. The van der Waals surface area contributed by atoms with Crippen LogP contribution in [0.5, 0.6) is 0 Å². The predicted octanol–water partition coefficient (Wildman–Crippen LogP) is 7.94. The van der Waals surface area contributed by atoms with Gasteiger partial charge in [-0.1, -0.05) is 64.3 Å². The van der Waals surface area contributed by atoms with E-state index >= 15 is 0 Å². The third kappa shape index (κ3) is 9.69. The predicted molar refractivity (Wildman–Crippen MR) is 169 cm³/mol. The first-order valence-electron chi connectivity index (χ1n) is 14.3. The lowest BCUT2D eigenvalue weighted by atomic mass is 9.83. The van der Waals surface area contributed by atoms with Gasteiger partial charge in [-0.2, -0.15) is 0 Å². The second kappa shape index (κ2) is 13.2. The number of carbonyl (C=O) groups is 2. The largest absolute Gasteiger partial charge is 0.444 e. The average Bonchev–Trinajstić information content (AvgIpc) is 2.85. The lowest BCUT2D eigenvalue weighted by Crippen LogP contribution is -2.50. The van der Waals surface area contributed by atoms with E-state index in [-0.39, 0.29) is 17.2 Å². The molecule has 2 aromatic carbocycles. The summed E-state index contributed by atoms with van der Waals surface area (Å²) in [5.74, 6) is 0.529. The smallest absolute Gasteiger partial charge is 0.408 e. The van der Waals surface area contributed by atoms with Gasteiger partial charge >= 0.3 is 6.09 Å². The van der Waals surface area contributed by atoms with Crippen LogP contribution >= 0.6 is 18.9 Å². The molecule has 2 aromatic rings. The van der Waals surface area contributed by atoms with E-state index in [1.165, 1.54) is 11.1 Å². The first-order valence-corrected chi connectivity index (χ1v) is 17.8. The van der Waals surface area contributed by atoms with Crippen molar-refractivity contribution in [1.82, 2.24) is 5.32 Å². The lowest BCUT2D eigenvalue weighted by Gasteiger charge is -2.31. The number of anilines is 1. The topological polar surface area (TPSA) is 84.5 Å². The standard InChI is InChI=1S/C32H47N2O4PS/c1-31(2,3)24-16-14-22(15-17-24)21-40-27-19-18-25(20-26(27)39(7,8)37)33-29(35)28(23-12-10-9-11-13-23)34-30(36)38-32(4,5)6/h14-20,23,28H,9-13,21H2,1-8H3,(H,33,35)(H,34,36)/t28-/m0/s1. The number of hydrogen-bond acceptors (Lipinski definition) is 5. The van der Waals surface area contributed by atoms with Crippen molar-refractivity contribution >= 4 is 41.9 Å². The van der Waals surface area contributed by atoms with Crippen LogP contribution in [0.3, 0.4) is 0 Å². The molecular formula is C32H47N2O4PS. The number of hydrogen-bond donors (Lipinski definition) is 2. The number of ether oxygens (including phenoxy) is 1. The van der Waals surface area contributed by atoms with Gasteiger partial charge in [0.15, 0.2) is 0 Å². The Labute approximate surface area is 245 Å². The molecule has 0 radical (unpaired) electrons. The maximum absolute atomic E-state index is 13.5. The van der Waals surface area contributed by atoms with E-state index in [0.29, 0.717) is 5.69 Å². The summed E-state index contributed by atoms with van der Waals surface area (Å²) in [4.78, 5) is 27.1. The van der Waals surface area contributed by atoms with E-state index in [9.17, 15) is 14.2 Å². The number of benzene rings is 2. The Morgan fingerprint density at radius 1 is 0.975 bits per heavy atom. The summed E-state index contributed by atoms with van der Waals surface area (Å²) in [6.07, 6.45) is 4.38. The van der Waals surface area contributed by atoms with Gasteiger partial charge in [0.2, 0.25) is 5.91 Å². The zero-order valence-corrected chi connectivity index (χ0v) is 27.1. The summed E-state index contributed by atoms with van der Waals surface area (Å²) >= 11 is 1.65. The monoisotopic (exact) mass is 586 g/mol. The van der Waals surface area contributed by atoms with E-state index in [4.69, 9.17) is 4.74 Å². The Kier molecular flexibility index (Phi) is 10.6. The van der Waals surface area contributed by atoms with Crippen LogP contribution in [-0.4, -0.2) is 37.0 Å². The van der Waals surface area contributed by atoms with Crippen LogP contribution in [0.2, 0.25) is 0 Å². The highest BCUT2D eigenvalue weighted by molar-refractivity contribution is 7.99. The molecule has 0 spiro atoms.